The number of aryl methyl sites for hydroxylation is 2. The van der Waals surface area contributed by atoms with Gasteiger partial charge < -0.3 is 9.47 Å². The van der Waals surface area contributed by atoms with Crippen molar-refractivity contribution < 1.29 is 9.47 Å². The van der Waals surface area contributed by atoms with Crippen molar-refractivity contribution in [3.05, 3.63) is 53.6 Å². The molecule has 0 saturated carbocycles. The molecular formula is C15H16O2. The molecule has 0 heterocycles. The van der Waals surface area contributed by atoms with Crippen molar-refractivity contribution in [1.29, 1.82) is 0 Å². The van der Waals surface area contributed by atoms with Crippen LogP contribution < -0.4 is 9.47 Å². The maximum Gasteiger partial charge on any atom is 0.169 e. The predicted octanol–water partition coefficient (Wildman–Crippen LogP) is 4.10. The van der Waals surface area contributed by atoms with E-state index in [0.29, 0.717) is 0 Å². The molecule has 0 amide bonds. The van der Waals surface area contributed by atoms with E-state index in [1.54, 1.807) is 7.11 Å². The number of rotatable bonds is 3. The molecule has 88 valence electrons. The van der Waals surface area contributed by atoms with Gasteiger partial charge in [0, 0.05) is 0 Å². The number of methoxy groups -OCH3 is 1. The lowest BCUT2D eigenvalue weighted by Gasteiger charge is -2.11. The van der Waals surface area contributed by atoms with Crippen molar-refractivity contribution in [2.45, 2.75) is 13.8 Å². The molecule has 0 bridgehead atoms. The molecule has 0 aliphatic rings. The molecule has 0 aliphatic heterocycles. The minimum atomic E-state index is 0.734. The highest BCUT2D eigenvalue weighted by molar-refractivity contribution is 5.44. The molecule has 0 atom stereocenters. The number of hydrogen-bond donors (Lipinski definition) is 0. The van der Waals surface area contributed by atoms with E-state index in [4.69, 9.17) is 9.47 Å². The van der Waals surface area contributed by atoms with Crippen LogP contribution in [0, 0.1) is 13.8 Å². The van der Waals surface area contributed by atoms with Crippen LogP contribution in [0.2, 0.25) is 0 Å². The summed E-state index contributed by atoms with van der Waals surface area (Å²) in [5.74, 6) is 2.31. The fourth-order valence-corrected chi connectivity index (χ4v) is 1.61. The summed E-state index contributed by atoms with van der Waals surface area (Å²) in [5, 5.41) is 0. The Balaban J connectivity index is 2.28. The van der Waals surface area contributed by atoms with E-state index >= 15 is 0 Å². The molecule has 2 heteroatoms. The first-order valence-electron chi connectivity index (χ1n) is 5.59. The van der Waals surface area contributed by atoms with Crippen LogP contribution in [-0.4, -0.2) is 7.11 Å². The average molecular weight is 228 g/mol. The third-order valence-electron chi connectivity index (χ3n) is 2.78. The van der Waals surface area contributed by atoms with Gasteiger partial charge in [0.25, 0.3) is 0 Å². The van der Waals surface area contributed by atoms with Crippen LogP contribution in [0.15, 0.2) is 42.5 Å². The van der Waals surface area contributed by atoms with Gasteiger partial charge >= 0.3 is 0 Å². The lowest BCUT2D eigenvalue weighted by atomic mass is 10.1. The third kappa shape index (κ3) is 2.59. The van der Waals surface area contributed by atoms with Crippen LogP contribution in [0.3, 0.4) is 0 Å². The number of benzene rings is 2. The lowest BCUT2D eigenvalue weighted by Crippen LogP contribution is -1.90. The first-order chi connectivity index (χ1) is 8.20. The molecule has 0 aliphatic carbocycles. The number of para-hydroxylation sites is 2. The second-order valence-corrected chi connectivity index (χ2v) is 4.00. The summed E-state index contributed by atoms with van der Waals surface area (Å²) in [5.41, 5.74) is 2.48. The predicted molar refractivity (Wildman–Crippen MR) is 69.0 cm³/mol. The van der Waals surface area contributed by atoms with Gasteiger partial charge in [0.1, 0.15) is 5.75 Å². The summed E-state index contributed by atoms with van der Waals surface area (Å²) < 4.78 is 11.1. The largest absolute Gasteiger partial charge is 0.493 e. The zero-order chi connectivity index (χ0) is 12.3. The molecule has 0 fully saturated rings. The Morgan fingerprint density at radius 1 is 0.824 bits per heavy atom. The van der Waals surface area contributed by atoms with Gasteiger partial charge in [-0.25, -0.2) is 0 Å². The molecule has 0 spiro atoms. The molecule has 0 aromatic heterocycles. The van der Waals surface area contributed by atoms with Gasteiger partial charge in [-0.1, -0.05) is 18.2 Å². The van der Waals surface area contributed by atoms with Crippen molar-refractivity contribution in [3.8, 4) is 17.2 Å². The van der Waals surface area contributed by atoms with Gasteiger partial charge in [0.15, 0.2) is 11.5 Å². The summed E-state index contributed by atoms with van der Waals surface area (Å²) in [6.07, 6.45) is 0. The van der Waals surface area contributed by atoms with Crippen LogP contribution in [0.25, 0.3) is 0 Å². The Labute approximate surface area is 102 Å². The van der Waals surface area contributed by atoms with E-state index in [-0.39, 0.29) is 0 Å². The van der Waals surface area contributed by atoms with Crippen molar-refractivity contribution in [2.24, 2.45) is 0 Å². The summed E-state index contributed by atoms with van der Waals surface area (Å²) >= 11 is 0. The SMILES string of the molecule is COc1ccccc1Oc1ccc(C)c(C)c1. The van der Waals surface area contributed by atoms with Gasteiger partial charge in [-0.2, -0.15) is 0 Å². The second kappa shape index (κ2) is 4.91. The normalized spacial score (nSPS) is 10.1. The van der Waals surface area contributed by atoms with Gasteiger partial charge in [-0.15, -0.1) is 0 Å². The fourth-order valence-electron chi connectivity index (χ4n) is 1.61. The van der Waals surface area contributed by atoms with Crippen molar-refractivity contribution in [2.75, 3.05) is 7.11 Å². The molecule has 2 nitrogen and oxygen atoms in total. The molecule has 0 N–H and O–H groups in total. The van der Waals surface area contributed by atoms with Crippen LogP contribution >= 0.6 is 0 Å². The van der Waals surface area contributed by atoms with E-state index in [0.717, 1.165) is 17.2 Å². The molecule has 0 radical (unpaired) electrons. The van der Waals surface area contributed by atoms with E-state index in [1.807, 2.05) is 36.4 Å². The van der Waals surface area contributed by atoms with E-state index in [1.165, 1.54) is 11.1 Å². The maximum absolute atomic E-state index is 5.81. The molecule has 0 unspecified atom stereocenters. The van der Waals surface area contributed by atoms with Crippen molar-refractivity contribution in [3.63, 3.8) is 0 Å². The topological polar surface area (TPSA) is 18.5 Å². The smallest absolute Gasteiger partial charge is 0.169 e. The minimum Gasteiger partial charge on any atom is -0.493 e. The Hall–Kier alpha value is -1.96. The van der Waals surface area contributed by atoms with Gasteiger partial charge in [0.05, 0.1) is 7.11 Å². The first kappa shape index (κ1) is 11.5. The highest BCUT2D eigenvalue weighted by Gasteiger charge is 2.04. The average Bonchev–Trinajstić information content (AvgIpc) is 2.34. The quantitative estimate of drug-likeness (QED) is 0.787. The van der Waals surface area contributed by atoms with Crippen LogP contribution in [-0.2, 0) is 0 Å². The lowest BCUT2D eigenvalue weighted by molar-refractivity contribution is 0.379. The zero-order valence-corrected chi connectivity index (χ0v) is 10.4. The third-order valence-corrected chi connectivity index (χ3v) is 2.78. The molecule has 17 heavy (non-hydrogen) atoms. The van der Waals surface area contributed by atoms with Crippen LogP contribution in [0.5, 0.6) is 17.2 Å². The van der Waals surface area contributed by atoms with Gasteiger partial charge in [-0.05, 0) is 49.2 Å². The zero-order valence-electron chi connectivity index (χ0n) is 10.4. The summed E-state index contributed by atoms with van der Waals surface area (Å²) in [6, 6.07) is 13.7. The van der Waals surface area contributed by atoms with Gasteiger partial charge in [0.2, 0.25) is 0 Å². The summed E-state index contributed by atoms with van der Waals surface area (Å²) in [4.78, 5) is 0. The highest BCUT2D eigenvalue weighted by Crippen LogP contribution is 2.31. The number of ether oxygens (including phenoxy) is 2. The van der Waals surface area contributed by atoms with Gasteiger partial charge in [-0.3, -0.25) is 0 Å². The molecule has 2 rings (SSSR count). The minimum absolute atomic E-state index is 0.734. The van der Waals surface area contributed by atoms with Crippen molar-refractivity contribution >= 4 is 0 Å². The van der Waals surface area contributed by atoms with Crippen molar-refractivity contribution in [1.82, 2.24) is 0 Å². The molecule has 0 saturated heterocycles. The standard InChI is InChI=1S/C15H16O2/c1-11-8-9-13(10-12(11)2)17-15-7-5-4-6-14(15)16-3/h4-10H,1-3H3. The Bertz CT molecular complexity index is 518. The Morgan fingerprint density at radius 3 is 2.18 bits per heavy atom. The Kier molecular flexibility index (Phi) is 3.33. The maximum atomic E-state index is 5.81. The molecular weight excluding hydrogens is 212 g/mol. The highest BCUT2D eigenvalue weighted by atomic mass is 16.5. The van der Waals surface area contributed by atoms with Crippen LogP contribution in [0.4, 0.5) is 0 Å². The van der Waals surface area contributed by atoms with E-state index < -0.39 is 0 Å². The Morgan fingerprint density at radius 2 is 1.53 bits per heavy atom. The molecule has 2 aromatic rings. The van der Waals surface area contributed by atoms with E-state index in [9.17, 15) is 0 Å². The molecule has 2 aromatic carbocycles. The summed E-state index contributed by atoms with van der Waals surface area (Å²) in [6.45, 7) is 4.16. The fraction of sp³-hybridized carbons (Fsp3) is 0.200. The monoisotopic (exact) mass is 228 g/mol. The summed E-state index contributed by atoms with van der Waals surface area (Å²) in [7, 11) is 1.64. The first-order valence-corrected chi connectivity index (χ1v) is 5.59. The number of hydrogen-bond acceptors (Lipinski definition) is 2. The van der Waals surface area contributed by atoms with E-state index in [2.05, 4.69) is 19.9 Å². The van der Waals surface area contributed by atoms with Crippen LogP contribution in [0.1, 0.15) is 11.1 Å². The second-order valence-electron chi connectivity index (χ2n) is 4.00.